The number of nitrogens with zero attached hydrogens (tertiary/aromatic N) is 4. The van der Waals surface area contributed by atoms with Gasteiger partial charge in [-0.3, -0.25) is 9.69 Å². The quantitative estimate of drug-likeness (QED) is 0.695. The average molecular weight is 381 g/mol. The number of hydrogen-bond donors (Lipinski definition) is 0. The predicted octanol–water partition coefficient (Wildman–Crippen LogP) is 3.48. The molecular formula is C21H21ClN4O. The number of carbonyl (C=O) groups excluding carboxylic acids is 1. The lowest BCUT2D eigenvalue weighted by atomic mass is 10.1. The molecule has 138 valence electrons. The highest BCUT2D eigenvalue weighted by Gasteiger charge is 2.22. The van der Waals surface area contributed by atoms with Gasteiger partial charge in [0.05, 0.1) is 5.69 Å². The summed E-state index contributed by atoms with van der Waals surface area (Å²) < 4.78 is 1.85. The number of rotatable bonds is 4. The minimum Gasteiger partial charge on any atom is -0.336 e. The largest absolute Gasteiger partial charge is 0.336 e. The van der Waals surface area contributed by atoms with Crippen LogP contribution >= 0.6 is 11.6 Å². The van der Waals surface area contributed by atoms with E-state index in [4.69, 9.17) is 11.6 Å². The van der Waals surface area contributed by atoms with Crippen molar-refractivity contribution in [3.05, 3.63) is 83.1 Å². The summed E-state index contributed by atoms with van der Waals surface area (Å²) in [6.45, 7) is 4.13. The molecule has 6 heteroatoms. The van der Waals surface area contributed by atoms with Crippen molar-refractivity contribution >= 4 is 17.5 Å². The smallest absolute Gasteiger partial charge is 0.253 e. The molecule has 0 unspecified atom stereocenters. The van der Waals surface area contributed by atoms with Crippen LogP contribution in [0.4, 0.5) is 0 Å². The van der Waals surface area contributed by atoms with Gasteiger partial charge in [-0.25, -0.2) is 4.68 Å². The molecule has 1 fully saturated rings. The van der Waals surface area contributed by atoms with Gasteiger partial charge in [0, 0.05) is 55.7 Å². The fraction of sp³-hybridized carbons (Fsp3) is 0.238. The molecule has 4 rings (SSSR count). The molecule has 1 aliphatic rings. The Balaban J connectivity index is 1.31. The maximum Gasteiger partial charge on any atom is 0.253 e. The van der Waals surface area contributed by atoms with Crippen LogP contribution in [0.5, 0.6) is 0 Å². The van der Waals surface area contributed by atoms with Crippen molar-refractivity contribution in [1.29, 1.82) is 0 Å². The summed E-state index contributed by atoms with van der Waals surface area (Å²) in [6.07, 6.45) is 3.71. The third-order valence-corrected chi connectivity index (χ3v) is 5.11. The van der Waals surface area contributed by atoms with E-state index < -0.39 is 0 Å². The summed E-state index contributed by atoms with van der Waals surface area (Å²) in [5.74, 6) is 0.0786. The van der Waals surface area contributed by atoms with Crippen molar-refractivity contribution in [2.24, 2.45) is 0 Å². The first kappa shape index (κ1) is 17.8. The molecular weight excluding hydrogens is 360 g/mol. The first-order valence-electron chi connectivity index (χ1n) is 9.05. The van der Waals surface area contributed by atoms with E-state index in [1.807, 2.05) is 21.8 Å². The van der Waals surface area contributed by atoms with Crippen molar-refractivity contribution < 1.29 is 4.79 Å². The van der Waals surface area contributed by atoms with E-state index in [9.17, 15) is 4.79 Å². The van der Waals surface area contributed by atoms with Crippen LogP contribution in [0.1, 0.15) is 15.9 Å². The molecule has 0 aliphatic carbocycles. The number of carbonyl (C=O) groups is 1. The molecule has 1 aromatic heterocycles. The lowest BCUT2D eigenvalue weighted by Gasteiger charge is -2.34. The molecule has 0 saturated carbocycles. The van der Waals surface area contributed by atoms with Crippen LogP contribution in [-0.2, 0) is 6.54 Å². The molecule has 0 N–H and O–H groups in total. The molecule has 27 heavy (non-hydrogen) atoms. The van der Waals surface area contributed by atoms with Crippen molar-refractivity contribution in [2.75, 3.05) is 26.2 Å². The van der Waals surface area contributed by atoms with Gasteiger partial charge in [-0.05, 0) is 48.0 Å². The second-order valence-electron chi connectivity index (χ2n) is 6.69. The van der Waals surface area contributed by atoms with Gasteiger partial charge in [0.1, 0.15) is 0 Å². The topological polar surface area (TPSA) is 41.4 Å². The summed E-state index contributed by atoms with van der Waals surface area (Å²) in [6, 6.07) is 17.5. The zero-order valence-electron chi connectivity index (χ0n) is 15.0. The molecule has 2 heterocycles. The fourth-order valence-electron chi connectivity index (χ4n) is 3.32. The van der Waals surface area contributed by atoms with E-state index in [0.717, 1.165) is 38.4 Å². The predicted molar refractivity (Wildman–Crippen MR) is 106 cm³/mol. The van der Waals surface area contributed by atoms with Gasteiger partial charge in [0.15, 0.2) is 0 Å². The highest BCUT2D eigenvalue weighted by molar-refractivity contribution is 6.30. The second kappa shape index (κ2) is 7.94. The van der Waals surface area contributed by atoms with Crippen LogP contribution in [0, 0.1) is 0 Å². The molecule has 0 bridgehead atoms. The molecule has 1 aliphatic heterocycles. The van der Waals surface area contributed by atoms with Crippen LogP contribution in [0.25, 0.3) is 5.69 Å². The second-order valence-corrected chi connectivity index (χ2v) is 7.13. The number of piperazine rings is 1. The molecule has 5 nitrogen and oxygen atoms in total. The molecule has 0 atom stereocenters. The lowest BCUT2D eigenvalue weighted by molar-refractivity contribution is 0.0628. The van der Waals surface area contributed by atoms with Gasteiger partial charge >= 0.3 is 0 Å². The van der Waals surface area contributed by atoms with E-state index in [-0.39, 0.29) is 5.91 Å². The highest BCUT2D eigenvalue weighted by Crippen LogP contribution is 2.15. The number of halogens is 1. The van der Waals surface area contributed by atoms with Crippen molar-refractivity contribution in [2.45, 2.75) is 6.54 Å². The molecule has 0 spiro atoms. The van der Waals surface area contributed by atoms with Crippen molar-refractivity contribution in [3.8, 4) is 5.69 Å². The minimum atomic E-state index is 0.0786. The van der Waals surface area contributed by atoms with E-state index >= 15 is 0 Å². The van der Waals surface area contributed by atoms with Crippen molar-refractivity contribution in [3.63, 3.8) is 0 Å². The maximum atomic E-state index is 12.6. The molecule has 2 aromatic carbocycles. The zero-order chi connectivity index (χ0) is 18.6. The molecule has 1 saturated heterocycles. The van der Waals surface area contributed by atoms with Crippen LogP contribution in [0.2, 0.25) is 5.02 Å². The van der Waals surface area contributed by atoms with Crippen molar-refractivity contribution in [1.82, 2.24) is 19.6 Å². The Morgan fingerprint density at radius 2 is 1.67 bits per heavy atom. The molecule has 1 amide bonds. The summed E-state index contributed by atoms with van der Waals surface area (Å²) in [5, 5.41) is 4.90. The standard InChI is InChI=1S/C21H21ClN4O/c22-19-6-4-18(5-7-19)21(27)25-14-12-24(13-15-25)16-17-2-8-20(9-3-17)26-11-1-10-23-26/h1-11H,12-16H2. The van der Waals surface area contributed by atoms with Gasteiger partial charge in [-0.2, -0.15) is 5.10 Å². The summed E-state index contributed by atoms with van der Waals surface area (Å²) in [4.78, 5) is 16.9. The van der Waals surface area contributed by atoms with E-state index in [0.29, 0.717) is 10.6 Å². The number of amides is 1. The van der Waals surface area contributed by atoms with Gasteiger partial charge in [0.25, 0.3) is 5.91 Å². The van der Waals surface area contributed by atoms with Crippen LogP contribution in [-0.4, -0.2) is 51.7 Å². The van der Waals surface area contributed by atoms with E-state index in [1.165, 1.54) is 5.56 Å². The van der Waals surface area contributed by atoms with E-state index in [2.05, 4.69) is 34.3 Å². The number of benzene rings is 2. The van der Waals surface area contributed by atoms with E-state index in [1.54, 1.807) is 30.5 Å². The Hall–Kier alpha value is -2.63. The first-order chi connectivity index (χ1) is 13.2. The third kappa shape index (κ3) is 4.21. The summed E-state index contributed by atoms with van der Waals surface area (Å²) in [5.41, 5.74) is 3.02. The normalized spacial score (nSPS) is 15.1. The van der Waals surface area contributed by atoms with Gasteiger partial charge < -0.3 is 4.90 Å². The zero-order valence-corrected chi connectivity index (χ0v) is 15.7. The molecule has 3 aromatic rings. The monoisotopic (exact) mass is 380 g/mol. The number of aromatic nitrogens is 2. The first-order valence-corrected chi connectivity index (χ1v) is 9.43. The van der Waals surface area contributed by atoms with Gasteiger partial charge in [-0.1, -0.05) is 23.7 Å². The van der Waals surface area contributed by atoms with Gasteiger partial charge in [0.2, 0.25) is 0 Å². The van der Waals surface area contributed by atoms with Gasteiger partial charge in [-0.15, -0.1) is 0 Å². The Bertz CT molecular complexity index is 883. The Morgan fingerprint density at radius 3 is 2.30 bits per heavy atom. The Kier molecular flexibility index (Phi) is 5.23. The molecule has 0 radical (unpaired) electrons. The summed E-state index contributed by atoms with van der Waals surface area (Å²) in [7, 11) is 0. The minimum absolute atomic E-state index is 0.0786. The Morgan fingerprint density at radius 1 is 0.963 bits per heavy atom. The van der Waals surface area contributed by atoms with Crippen LogP contribution < -0.4 is 0 Å². The van der Waals surface area contributed by atoms with Crippen LogP contribution in [0.3, 0.4) is 0 Å². The third-order valence-electron chi connectivity index (χ3n) is 4.86. The highest BCUT2D eigenvalue weighted by atomic mass is 35.5. The number of hydrogen-bond acceptors (Lipinski definition) is 3. The average Bonchev–Trinajstić information content (AvgIpc) is 3.24. The summed E-state index contributed by atoms with van der Waals surface area (Å²) >= 11 is 5.90. The Labute approximate surface area is 163 Å². The fourth-order valence-corrected chi connectivity index (χ4v) is 3.44. The SMILES string of the molecule is O=C(c1ccc(Cl)cc1)N1CCN(Cc2ccc(-n3cccn3)cc2)CC1. The maximum absolute atomic E-state index is 12.6. The van der Waals surface area contributed by atoms with Crippen LogP contribution in [0.15, 0.2) is 67.0 Å². The lowest BCUT2D eigenvalue weighted by Crippen LogP contribution is -2.48.